The van der Waals surface area contributed by atoms with Crippen LogP contribution in [0.3, 0.4) is 0 Å². The Labute approximate surface area is 139 Å². The molecular weight excluding hydrogens is 290 g/mol. The van der Waals surface area contributed by atoms with E-state index in [0.717, 1.165) is 25.6 Å². The summed E-state index contributed by atoms with van der Waals surface area (Å²) in [6.45, 7) is 5.98. The number of nitrogens with one attached hydrogen (secondary N) is 2. The van der Waals surface area contributed by atoms with Crippen molar-refractivity contribution in [3.8, 4) is 0 Å². The molecule has 1 saturated carbocycles. The van der Waals surface area contributed by atoms with Crippen LogP contribution in [0.1, 0.15) is 45.4 Å². The van der Waals surface area contributed by atoms with Crippen LogP contribution >= 0.6 is 0 Å². The van der Waals surface area contributed by atoms with Crippen LogP contribution in [0.4, 0.5) is 0 Å². The van der Waals surface area contributed by atoms with Crippen molar-refractivity contribution in [3.63, 3.8) is 0 Å². The lowest BCUT2D eigenvalue weighted by atomic mass is 10.1. The largest absolute Gasteiger partial charge is 0.376 e. The summed E-state index contributed by atoms with van der Waals surface area (Å²) in [5.74, 6) is 0.851. The number of aromatic nitrogens is 2. The fraction of sp³-hybridized carbons (Fsp3) is 0.765. The minimum absolute atomic E-state index is 0.447. The summed E-state index contributed by atoms with van der Waals surface area (Å²) in [6.07, 6.45) is 12.0. The molecule has 1 fully saturated rings. The average Bonchev–Trinajstić information content (AvgIpc) is 2.94. The number of rotatable bonds is 8. The molecule has 1 aliphatic carbocycles. The van der Waals surface area contributed by atoms with Crippen molar-refractivity contribution >= 4 is 5.96 Å². The van der Waals surface area contributed by atoms with Gasteiger partial charge < -0.3 is 15.4 Å². The second-order valence-corrected chi connectivity index (χ2v) is 5.94. The van der Waals surface area contributed by atoms with Crippen molar-refractivity contribution in [3.05, 3.63) is 18.5 Å². The van der Waals surface area contributed by atoms with E-state index in [9.17, 15) is 0 Å². The van der Waals surface area contributed by atoms with E-state index >= 15 is 0 Å². The van der Waals surface area contributed by atoms with E-state index in [2.05, 4.69) is 27.6 Å². The summed E-state index contributed by atoms with van der Waals surface area (Å²) >= 11 is 0. The summed E-state index contributed by atoms with van der Waals surface area (Å²) in [4.78, 5) is 4.58. The molecule has 0 atom stereocenters. The van der Waals surface area contributed by atoms with Crippen LogP contribution in [0.5, 0.6) is 0 Å². The lowest BCUT2D eigenvalue weighted by Crippen LogP contribution is -2.39. The van der Waals surface area contributed by atoms with E-state index in [4.69, 9.17) is 4.74 Å². The van der Waals surface area contributed by atoms with Gasteiger partial charge in [0.2, 0.25) is 0 Å². The fourth-order valence-electron chi connectivity index (χ4n) is 2.85. The van der Waals surface area contributed by atoms with Gasteiger partial charge in [-0.05, 0) is 25.8 Å². The molecule has 1 aromatic heterocycles. The van der Waals surface area contributed by atoms with Crippen LogP contribution < -0.4 is 10.6 Å². The molecule has 1 heterocycles. The summed E-state index contributed by atoms with van der Waals surface area (Å²) in [5, 5.41) is 10.8. The van der Waals surface area contributed by atoms with E-state index in [1.807, 2.05) is 16.9 Å². The standard InChI is InChI=1S/C17H31N5O/c1-2-18-17(19-11-14-22-13-7-10-21-22)20-12-15-23-16-8-5-3-4-6-9-16/h7,10,13,16H,2-6,8-9,11-12,14-15H2,1H3,(H2,18,19,20). The molecule has 130 valence electrons. The molecule has 2 N–H and O–H groups in total. The first kappa shape index (κ1) is 17.8. The van der Waals surface area contributed by atoms with Gasteiger partial charge in [-0.2, -0.15) is 5.10 Å². The number of nitrogens with zero attached hydrogens (tertiary/aromatic N) is 3. The maximum Gasteiger partial charge on any atom is 0.191 e. The van der Waals surface area contributed by atoms with E-state index in [0.29, 0.717) is 19.3 Å². The predicted molar refractivity (Wildman–Crippen MR) is 93.7 cm³/mol. The monoisotopic (exact) mass is 321 g/mol. The van der Waals surface area contributed by atoms with Gasteiger partial charge in [0, 0.05) is 25.5 Å². The van der Waals surface area contributed by atoms with Gasteiger partial charge >= 0.3 is 0 Å². The molecule has 0 amide bonds. The topological polar surface area (TPSA) is 63.5 Å². The second kappa shape index (κ2) is 11.0. The lowest BCUT2D eigenvalue weighted by Gasteiger charge is -2.15. The normalized spacial score (nSPS) is 17.0. The zero-order valence-electron chi connectivity index (χ0n) is 14.3. The van der Waals surface area contributed by atoms with Gasteiger partial charge in [0.15, 0.2) is 5.96 Å². The summed E-state index contributed by atoms with van der Waals surface area (Å²) in [6, 6.07) is 1.93. The third-order valence-corrected chi connectivity index (χ3v) is 4.05. The Bertz CT molecular complexity index is 424. The number of guanidine groups is 1. The third-order valence-electron chi connectivity index (χ3n) is 4.05. The van der Waals surface area contributed by atoms with E-state index in [1.54, 1.807) is 6.20 Å². The molecule has 1 aliphatic rings. The smallest absolute Gasteiger partial charge is 0.191 e. The van der Waals surface area contributed by atoms with E-state index in [1.165, 1.54) is 38.5 Å². The summed E-state index contributed by atoms with van der Waals surface area (Å²) < 4.78 is 7.89. The van der Waals surface area contributed by atoms with Crippen LogP contribution in [0, 0.1) is 0 Å². The van der Waals surface area contributed by atoms with Crippen LogP contribution in [0.25, 0.3) is 0 Å². The number of hydrogen-bond donors (Lipinski definition) is 2. The molecule has 0 unspecified atom stereocenters. The fourth-order valence-corrected chi connectivity index (χ4v) is 2.85. The van der Waals surface area contributed by atoms with E-state index in [-0.39, 0.29) is 0 Å². The van der Waals surface area contributed by atoms with Gasteiger partial charge in [0.05, 0.1) is 25.8 Å². The number of aliphatic imine (C=N–C) groups is 1. The van der Waals surface area contributed by atoms with Crippen LogP contribution in [-0.4, -0.2) is 48.1 Å². The molecule has 6 nitrogen and oxygen atoms in total. The van der Waals surface area contributed by atoms with Crippen molar-refractivity contribution in [2.24, 2.45) is 4.99 Å². The van der Waals surface area contributed by atoms with Crippen LogP contribution in [0.15, 0.2) is 23.5 Å². The highest BCUT2D eigenvalue weighted by Crippen LogP contribution is 2.19. The Balaban J connectivity index is 1.63. The quantitative estimate of drug-likeness (QED) is 0.333. The molecule has 1 aromatic rings. The van der Waals surface area contributed by atoms with Gasteiger partial charge in [-0.3, -0.25) is 9.67 Å². The molecule has 0 radical (unpaired) electrons. The van der Waals surface area contributed by atoms with Crippen molar-refractivity contribution in [1.29, 1.82) is 0 Å². The first-order valence-corrected chi connectivity index (χ1v) is 8.99. The molecule has 0 spiro atoms. The van der Waals surface area contributed by atoms with Gasteiger partial charge in [-0.25, -0.2) is 0 Å². The molecule has 0 saturated heterocycles. The third kappa shape index (κ3) is 7.50. The molecule has 2 rings (SSSR count). The highest BCUT2D eigenvalue weighted by atomic mass is 16.5. The highest BCUT2D eigenvalue weighted by molar-refractivity contribution is 5.79. The van der Waals surface area contributed by atoms with Crippen LogP contribution in [0.2, 0.25) is 0 Å². The van der Waals surface area contributed by atoms with Gasteiger partial charge in [0.25, 0.3) is 0 Å². The second-order valence-electron chi connectivity index (χ2n) is 5.94. The van der Waals surface area contributed by atoms with Crippen molar-refractivity contribution in [2.45, 2.75) is 58.1 Å². The van der Waals surface area contributed by atoms with Crippen molar-refractivity contribution in [1.82, 2.24) is 20.4 Å². The van der Waals surface area contributed by atoms with Gasteiger partial charge in [-0.1, -0.05) is 25.7 Å². The number of hydrogen-bond acceptors (Lipinski definition) is 3. The summed E-state index contributed by atoms with van der Waals surface area (Å²) in [5.41, 5.74) is 0. The Hall–Kier alpha value is -1.56. The Morgan fingerprint density at radius 2 is 2.09 bits per heavy atom. The lowest BCUT2D eigenvalue weighted by molar-refractivity contribution is 0.0487. The minimum atomic E-state index is 0.447. The van der Waals surface area contributed by atoms with Crippen molar-refractivity contribution in [2.75, 3.05) is 26.2 Å². The minimum Gasteiger partial charge on any atom is -0.376 e. The van der Waals surface area contributed by atoms with E-state index < -0.39 is 0 Å². The van der Waals surface area contributed by atoms with Crippen molar-refractivity contribution < 1.29 is 4.74 Å². The number of ether oxygens (including phenoxy) is 1. The zero-order chi connectivity index (χ0) is 16.2. The predicted octanol–water partition coefficient (Wildman–Crippen LogP) is 2.18. The average molecular weight is 321 g/mol. The first-order chi connectivity index (χ1) is 11.4. The molecule has 6 heteroatoms. The molecule has 0 aliphatic heterocycles. The maximum absolute atomic E-state index is 5.98. The molecular formula is C17H31N5O. The molecule has 0 bridgehead atoms. The van der Waals surface area contributed by atoms with Crippen LogP contribution in [-0.2, 0) is 11.3 Å². The maximum atomic E-state index is 5.98. The first-order valence-electron chi connectivity index (χ1n) is 8.99. The Morgan fingerprint density at radius 3 is 2.78 bits per heavy atom. The SMILES string of the molecule is CCNC(=NCCOC1CCCCCC1)NCCn1cccn1. The highest BCUT2D eigenvalue weighted by Gasteiger charge is 2.11. The Morgan fingerprint density at radius 1 is 1.26 bits per heavy atom. The summed E-state index contributed by atoms with van der Waals surface area (Å²) in [7, 11) is 0. The Kier molecular flexibility index (Phi) is 8.55. The zero-order valence-corrected chi connectivity index (χ0v) is 14.3. The van der Waals surface area contributed by atoms with Gasteiger partial charge in [0.1, 0.15) is 0 Å². The van der Waals surface area contributed by atoms with Gasteiger partial charge in [-0.15, -0.1) is 0 Å². The molecule has 0 aromatic carbocycles. The molecule has 23 heavy (non-hydrogen) atoms.